The van der Waals surface area contributed by atoms with Crippen LogP contribution in [0.4, 0.5) is 0 Å². The first-order valence-electron chi connectivity index (χ1n) is 6.17. The zero-order valence-corrected chi connectivity index (χ0v) is 10.5. The van der Waals surface area contributed by atoms with Gasteiger partial charge in [0.1, 0.15) is 0 Å². The van der Waals surface area contributed by atoms with Crippen LogP contribution in [-0.2, 0) is 22.5 Å². The summed E-state index contributed by atoms with van der Waals surface area (Å²) in [4.78, 5) is 11.1. The van der Waals surface area contributed by atoms with E-state index in [2.05, 4.69) is 27.0 Å². The molecule has 1 aliphatic carbocycles. The molecule has 1 aromatic rings. The molecule has 0 amide bonds. The number of carbonyl (C=O) groups is 1. The van der Waals surface area contributed by atoms with Gasteiger partial charge in [-0.2, -0.15) is 0 Å². The number of rotatable bonds is 4. The predicted molar refractivity (Wildman–Crippen MR) is 65.8 cm³/mol. The van der Waals surface area contributed by atoms with Gasteiger partial charge in [0, 0.05) is 25.0 Å². The Labute approximate surface area is 102 Å². The smallest absolute Gasteiger partial charge is 0.307 e. The van der Waals surface area contributed by atoms with Crippen LogP contribution >= 0.6 is 0 Å². The van der Waals surface area contributed by atoms with Crippen molar-refractivity contribution in [2.75, 3.05) is 14.2 Å². The molecule has 1 aromatic heterocycles. The van der Waals surface area contributed by atoms with Crippen molar-refractivity contribution in [2.24, 2.45) is 0 Å². The van der Waals surface area contributed by atoms with Crippen LogP contribution in [0.1, 0.15) is 36.4 Å². The summed E-state index contributed by atoms with van der Waals surface area (Å²) in [5, 5.41) is 3.34. The standard InChI is InChI=1S/C13H20N2O2/c1-14-12-5-3-4-10-8-15(9-11(10)12)7-6-13(16)17-2/h8-9,12,14H,3-7H2,1-2H3. The van der Waals surface area contributed by atoms with Crippen LogP contribution in [0.2, 0.25) is 0 Å². The Kier molecular flexibility index (Phi) is 3.84. The normalized spacial score (nSPS) is 18.8. The summed E-state index contributed by atoms with van der Waals surface area (Å²) in [6.45, 7) is 0.704. The van der Waals surface area contributed by atoms with E-state index in [1.54, 1.807) is 0 Å². The third-order valence-corrected chi connectivity index (χ3v) is 3.46. The molecule has 0 saturated carbocycles. The van der Waals surface area contributed by atoms with Gasteiger partial charge in [0.25, 0.3) is 0 Å². The lowest BCUT2D eigenvalue weighted by molar-refractivity contribution is -0.140. The van der Waals surface area contributed by atoms with E-state index in [-0.39, 0.29) is 5.97 Å². The second kappa shape index (κ2) is 5.36. The van der Waals surface area contributed by atoms with Gasteiger partial charge in [-0.15, -0.1) is 0 Å². The van der Waals surface area contributed by atoms with Crippen molar-refractivity contribution in [3.8, 4) is 0 Å². The third-order valence-electron chi connectivity index (χ3n) is 3.46. The molecule has 4 nitrogen and oxygen atoms in total. The lowest BCUT2D eigenvalue weighted by Crippen LogP contribution is -2.20. The molecule has 1 N–H and O–H groups in total. The summed E-state index contributed by atoms with van der Waals surface area (Å²) < 4.78 is 6.76. The first kappa shape index (κ1) is 12.2. The van der Waals surface area contributed by atoms with Crippen molar-refractivity contribution in [1.29, 1.82) is 0 Å². The number of carbonyl (C=O) groups excluding carboxylic acids is 1. The number of nitrogens with one attached hydrogen (secondary N) is 1. The van der Waals surface area contributed by atoms with Gasteiger partial charge >= 0.3 is 5.97 Å². The van der Waals surface area contributed by atoms with Crippen molar-refractivity contribution >= 4 is 5.97 Å². The van der Waals surface area contributed by atoms with Gasteiger partial charge in [0.2, 0.25) is 0 Å². The summed E-state index contributed by atoms with van der Waals surface area (Å²) in [5.74, 6) is -0.151. The van der Waals surface area contributed by atoms with Crippen LogP contribution in [-0.4, -0.2) is 24.7 Å². The number of fused-ring (bicyclic) bond motifs is 1. The topological polar surface area (TPSA) is 43.3 Å². The van der Waals surface area contributed by atoms with Crippen LogP contribution in [0.3, 0.4) is 0 Å². The van der Waals surface area contributed by atoms with E-state index < -0.39 is 0 Å². The summed E-state index contributed by atoms with van der Waals surface area (Å²) in [6.07, 6.45) is 8.36. The number of methoxy groups -OCH3 is 1. The maximum atomic E-state index is 11.1. The van der Waals surface area contributed by atoms with Crippen molar-refractivity contribution in [3.63, 3.8) is 0 Å². The SMILES string of the molecule is CNC1CCCc2cn(CCC(=O)OC)cc21. The van der Waals surface area contributed by atoms with Gasteiger partial charge in [0.15, 0.2) is 0 Å². The van der Waals surface area contributed by atoms with Crippen LogP contribution in [0, 0.1) is 0 Å². The number of aryl methyl sites for hydroxylation is 2. The molecule has 0 aromatic carbocycles. The van der Waals surface area contributed by atoms with Gasteiger partial charge in [0.05, 0.1) is 13.5 Å². The summed E-state index contributed by atoms with van der Waals surface area (Å²) in [7, 11) is 3.44. The Balaban J connectivity index is 2.06. The Bertz CT molecular complexity index is 398. The molecular formula is C13H20N2O2. The van der Waals surface area contributed by atoms with Crippen LogP contribution in [0.25, 0.3) is 0 Å². The van der Waals surface area contributed by atoms with Crippen LogP contribution < -0.4 is 5.32 Å². The fourth-order valence-electron chi connectivity index (χ4n) is 2.50. The number of hydrogen-bond acceptors (Lipinski definition) is 3. The van der Waals surface area contributed by atoms with Gasteiger partial charge < -0.3 is 14.6 Å². The molecule has 0 spiro atoms. The van der Waals surface area contributed by atoms with Gasteiger partial charge in [-0.1, -0.05) is 0 Å². The average molecular weight is 236 g/mol. The summed E-state index contributed by atoms with van der Waals surface area (Å²) >= 11 is 0. The van der Waals surface area contributed by atoms with Crippen LogP contribution in [0.5, 0.6) is 0 Å². The molecule has 0 aliphatic heterocycles. The van der Waals surface area contributed by atoms with Crippen LogP contribution in [0.15, 0.2) is 12.4 Å². The lowest BCUT2D eigenvalue weighted by atomic mass is 9.91. The fourth-order valence-corrected chi connectivity index (χ4v) is 2.50. The van der Waals surface area contributed by atoms with Crippen molar-refractivity contribution < 1.29 is 9.53 Å². The Hall–Kier alpha value is -1.29. The third kappa shape index (κ3) is 2.69. The lowest BCUT2D eigenvalue weighted by Gasteiger charge is -2.21. The molecule has 0 fully saturated rings. The number of esters is 1. The molecule has 94 valence electrons. The predicted octanol–water partition coefficient (Wildman–Crippen LogP) is 1.65. The molecule has 17 heavy (non-hydrogen) atoms. The average Bonchev–Trinajstić information content (AvgIpc) is 2.78. The van der Waals surface area contributed by atoms with Gasteiger partial charge in [-0.3, -0.25) is 4.79 Å². The van der Waals surface area contributed by atoms with E-state index in [1.807, 2.05) is 7.05 Å². The van der Waals surface area contributed by atoms with E-state index in [1.165, 1.54) is 31.1 Å². The zero-order chi connectivity index (χ0) is 12.3. The highest BCUT2D eigenvalue weighted by Crippen LogP contribution is 2.30. The molecule has 1 heterocycles. The molecule has 0 radical (unpaired) electrons. The first-order chi connectivity index (χ1) is 8.24. The Morgan fingerprint density at radius 1 is 1.59 bits per heavy atom. The second-order valence-corrected chi connectivity index (χ2v) is 4.54. The maximum Gasteiger partial charge on any atom is 0.307 e. The highest BCUT2D eigenvalue weighted by Gasteiger charge is 2.20. The number of hydrogen-bond donors (Lipinski definition) is 1. The quantitative estimate of drug-likeness (QED) is 0.808. The minimum Gasteiger partial charge on any atom is -0.469 e. The minimum absolute atomic E-state index is 0.151. The first-order valence-corrected chi connectivity index (χ1v) is 6.17. The summed E-state index contributed by atoms with van der Waals surface area (Å²) in [6, 6.07) is 0.470. The fraction of sp³-hybridized carbons (Fsp3) is 0.615. The number of nitrogens with zero attached hydrogens (tertiary/aromatic N) is 1. The van der Waals surface area contributed by atoms with Crippen molar-refractivity contribution in [2.45, 2.75) is 38.3 Å². The molecule has 1 atom stereocenters. The minimum atomic E-state index is -0.151. The molecule has 1 unspecified atom stereocenters. The number of ether oxygens (including phenoxy) is 1. The molecule has 4 heteroatoms. The molecule has 2 rings (SSSR count). The molecular weight excluding hydrogens is 216 g/mol. The highest BCUT2D eigenvalue weighted by molar-refractivity contribution is 5.69. The second-order valence-electron chi connectivity index (χ2n) is 4.54. The van der Waals surface area contributed by atoms with E-state index in [0.29, 0.717) is 19.0 Å². The number of aromatic nitrogens is 1. The monoisotopic (exact) mass is 236 g/mol. The molecule has 0 bridgehead atoms. The van der Waals surface area contributed by atoms with Gasteiger partial charge in [-0.25, -0.2) is 0 Å². The van der Waals surface area contributed by atoms with Crippen molar-refractivity contribution in [3.05, 3.63) is 23.5 Å². The highest BCUT2D eigenvalue weighted by atomic mass is 16.5. The molecule has 1 aliphatic rings. The summed E-state index contributed by atoms with van der Waals surface area (Å²) in [5.41, 5.74) is 2.81. The van der Waals surface area contributed by atoms with E-state index in [0.717, 1.165) is 6.42 Å². The zero-order valence-electron chi connectivity index (χ0n) is 10.5. The van der Waals surface area contributed by atoms with Gasteiger partial charge in [-0.05, 0) is 37.4 Å². The van der Waals surface area contributed by atoms with E-state index in [9.17, 15) is 4.79 Å². The Morgan fingerprint density at radius 2 is 2.41 bits per heavy atom. The van der Waals surface area contributed by atoms with E-state index in [4.69, 9.17) is 0 Å². The Morgan fingerprint density at radius 3 is 3.12 bits per heavy atom. The largest absolute Gasteiger partial charge is 0.469 e. The van der Waals surface area contributed by atoms with E-state index >= 15 is 0 Å². The maximum absolute atomic E-state index is 11.1. The van der Waals surface area contributed by atoms with Crippen molar-refractivity contribution in [1.82, 2.24) is 9.88 Å². The molecule has 0 saturated heterocycles.